The molecule has 6 aromatic rings. The minimum absolute atomic E-state index is 0.0840. The molecule has 0 atom stereocenters. The molecule has 2 aromatic heterocycles. The van der Waals surface area contributed by atoms with Crippen LogP contribution < -0.4 is 5.32 Å². The molecular weight excluding hydrogens is 490 g/mol. The standard InChI is InChI=1S/C31H25N5OS/c1-2-36-30(25-19-28(22-12-4-3-5-13-22)32-27-17-9-8-16-24(25)27)34-35-31(36)38-20-29(37)33-26-18-10-14-21-11-6-7-15-23(21)26/h3-19H,2,20H2,1H3,(H,33,37). The molecule has 0 unspecified atom stereocenters. The van der Waals surface area contributed by atoms with E-state index in [2.05, 4.69) is 51.3 Å². The number of benzene rings is 4. The Hall–Kier alpha value is -4.49. The summed E-state index contributed by atoms with van der Waals surface area (Å²) < 4.78 is 2.06. The predicted molar refractivity (Wildman–Crippen MR) is 155 cm³/mol. The summed E-state index contributed by atoms with van der Waals surface area (Å²) in [5, 5.41) is 15.9. The highest BCUT2D eigenvalue weighted by molar-refractivity contribution is 7.99. The predicted octanol–water partition coefficient (Wildman–Crippen LogP) is 7.06. The lowest BCUT2D eigenvalue weighted by molar-refractivity contribution is -0.113. The second kappa shape index (κ2) is 10.5. The Balaban J connectivity index is 1.29. The van der Waals surface area contributed by atoms with Crippen LogP contribution in [0.2, 0.25) is 0 Å². The number of hydrogen-bond acceptors (Lipinski definition) is 5. The van der Waals surface area contributed by atoms with Gasteiger partial charge in [0.2, 0.25) is 5.91 Å². The molecule has 186 valence electrons. The number of fused-ring (bicyclic) bond motifs is 2. The maximum absolute atomic E-state index is 12.9. The third kappa shape index (κ3) is 4.64. The summed E-state index contributed by atoms with van der Waals surface area (Å²) in [6.07, 6.45) is 0. The van der Waals surface area contributed by atoms with Crippen LogP contribution in [0, 0.1) is 0 Å². The second-order valence-corrected chi connectivity index (χ2v) is 9.79. The molecule has 0 radical (unpaired) electrons. The van der Waals surface area contributed by atoms with Crippen molar-refractivity contribution in [3.8, 4) is 22.6 Å². The van der Waals surface area contributed by atoms with Gasteiger partial charge in [-0.2, -0.15) is 0 Å². The molecule has 2 heterocycles. The van der Waals surface area contributed by atoms with Crippen LogP contribution in [0.15, 0.2) is 108 Å². The summed E-state index contributed by atoms with van der Waals surface area (Å²) in [6, 6.07) is 34.2. The van der Waals surface area contributed by atoms with Crippen molar-refractivity contribution in [1.82, 2.24) is 19.7 Å². The molecule has 0 saturated carbocycles. The van der Waals surface area contributed by atoms with E-state index in [4.69, 9.17) is 4.98 Å². The topological polar surface area (TPSA) is 72.7 Å². The van der Waals surface area contributed by atoms with Gasteiger partial charge in [-0.1, -0.05) is 96.7 Å². The lowest BCUT2D eigenvalue weighted by Gasteiger charge is -2.12. The third-order valence-electron chi connectivity index (χ3n) is 6.46. The van der Waals surface area contributed by atoms with Crippen molar-refractivity contribution >= 4 is 45.0 Å². The number of nitrogens with one attached hydrogen (secondary N) is 1. The van der Waals surface area contributed by atoms with Gasteiger partial charge in [0.05, 0.1) is 17.0 Å². The zero-order chi connectivity index (χ0) is 25.9. The van der Waals surface area contributed by atoms with E-state index in [1.807, 2.05) is 78.9 Å². The molecule has 7 heteroatoms. The van der Waals surface area contributed by atoms with Gasteiger partial charge < -0.3 is 9.88 Å². The Bertz CT molecular complexity index is 1760. The summed E-state index contributed by atoms with van der Waals surface area (Å²) in [7, 11) is 0. The molecule has 38 heavy (non-hydrogen) atoms. The molecule has 0 aliphatic heterocycles. The minimum atomic E-state index is -0.0840. The van der Waals surface area contributed by atoms with Crippen LogP contribution in [0.3, 0.4) is 0 Å². The largest absolute Gasteiger partial charge is 0.325 e. The third-order valence-corrected chi connectivity index (χ3v) is 7.42. The fraction of sp³-hybridized carbons (Fsp3) is 0.0968. The number of carbonyl (C=O) groups is 1. The maximum Gasteiger partial charge on any atom is 0.234 e. The van der Waals surface area contributed by atoms with E-state index >= 15 is 0 Å². The normalized spacial score (nSPS) is 11.2. The minimum Gasteiger partial charge on any atom is -0.325 e. The molecule has 4 aromatic carbocycles. The lowest BCUT2D eigenvalue weighted by Crippen LogP contribution is -2.15. The van der Waals surface area contributed by atoms with E-state index in [9.17, 15) is 4.79 Å². The van der Waals surface area contributed by atoms with Crippen LogP contribution >= 0.6 is 11.8 Å². The van der Waals surface area contributed by atoms with E-state index < -0.39 is 0 Å². The van der Waals surface area contributed by atoms with Gasteiger partial charge in [0.15, 0.2) is 11.0 Å². The number of para-hydroxylation sites is 1. The Morgan fingerprint density at radius 2 is 1.58 bits per heavy atom. The summed E-state index contributed by atoms with van der Waals surface area (Å²) in [5.41, 5.74) is 4.60. The number of thioether (sulfide) groups is 1. The van der Waals surface area contributed by atoms with Gasteiger partial charge in [-0.15, -0.1) is 10.2 Å². The molecule has 0 aliphatic rings. The van der Waals surface area contributed by atoms with Crippen LogP contribution in [0.25, 0.3) is 44.3 Å². The van der Waals surface area contributed by atoms with Crippen molar-refractivity contribution in [1.29, 1.82) is 0 Å². The van der Waals surface area contributed by atoms with Gasteiger partial charge in [-0.05, 0) is 30.5 Å². The zero-order valence-corrected chi connectivity index (χ0v) is 21.7. The van der Waals surface area contributed by atoms with Crippen molar-refractivity contribution in [3.63, 3.8) is 0 Å². The molecule has 6 nitrogen and oxygen atoms in total. The van der Waals surface area contributed by atoms with E-state index in [1.165, 1.54) is 11.8 Å². The first kappa shape index (κ1) is 23.9. The van der Waals surface area contributed by atoms with Crippen LogP contribution in [0.4, 0.5) is 5.69 Å². The summed E-state index contributed by atoms with van der Waals surface area (Å²) in [4.78, 5) is 17.8. The summed E-state index contributed by atoms with van der Waals surface area (Å²) in [6.45, 7) is 2.74. The number of aromatic nitrogens is 4. The Labute approximate surface area is 224 Å². The number of rotatable bonds is 7. The molecule has 0 aliphatic carbocycles. The SMILES string of the molecule is CCn1c(SCC(=O)Nc2cccc3ccccc23)nnc1-c1cc(-c2ccccc2)nc2ccccc12. The quantitative estimate of drug-likeness (QED) is 0.230. The number of carbonyl (C=O) groups excluding carboxylic acids is 1. The summed E-state index contributed by atoms with van der Waals surface area (Å²) in [5.74, 6) is 0.910. The van der Waals surface area contributed by atoms with Crippen molar-refractivity contribution in [2.45, 2.75) is 18.6 Å². The Kier molecular flexibility index (Phi) is 6.58. The molecular formula is C31H25N5OS. The molecule has 0 bridgehead atoms. The van der Waals surface area contributed by atoms with Crippen LogP contribution in [-0.2, 0) is 11.3 Å². The molecule has 0 saturated heterocycles. The molecule has 6 rings (SSSR count). The smallest absolute Gasteiger partial charge is 0.234 e. The van der Waals surface area contributed by atoms with E-state index in [-0.39, 0.29) is 11.7 Å². The first-order valence-electron chi connectivity index (χ1n) is 12.5. The first-order valence-corrected chi connectivity index (χ1v) is 13.5. The second-order valence-electron chi connectivity index (χ2n) is 8.85. The van der Waals surface area contributed by atoms with E-state index in [0.717, 1.165) is 50.0 Å². The highest BCUT2D eigenvalue weighted by atomic mass is 32.2. The molecule has 0 spiro atoms. The van der Waals surface area contributed by atoms with Crippen molar-refractivity contribution in [2.24, 2.45) is 0 Å². The van der Waals surface area contributed by atoms with Crippen LogP contribution in [-0.4, -0.2) is 31.4 Å². The Morgan fingerprint density at radius 3 is 2.42 bits per heavy atom. The monoisotopic (exact) mass is 515 g/mol. The van der Waals surface area contributed by atoms with Crippen LogP contribution in [0.5, 0.6) is 0 Å². The van der Waals surface area contributed by atoms with Gasteiger partial charge in [-0.25, -0.2) is 4.98 Å². The van der Waals surface area contributed by atoms with Gasteiger partial charge in [0.1, 0.15) is 0 Å². The van der Waals surface area contributed by atoms with E-state index in [1.54, 1.807) is 0 Å². The number of pyridine rings is 1. The zero-order valence-electron chi connectivity index (χ0n) is 20.8. The average molecular weight is 516 g/mol. The highest BCUT2D eigenvalue weighted by Crippen LogP contribution is 2.33. The number of nitrogens with zero attached hydrogens (tertiary/aromatic N) is 4. The molecule has 1 amide bonds. The van der Waals surface area contributed by atoms with Crippen molar-refractivity contribution in [3.05, 3.63) is 103 Å². The molecule has 1 N–H and O–H groups in total. The highest BCUT2D eigenvalue weighted by Gasteiger charge is 2.18. The molecule has 0 fully saturated rings. The van der Waals surface area contributed by atoms with Crippen molar-refractivity contribution in [2.75, 3.05) is 11.1 Å². The van der Waals surface area contributed by atoms with Crippen LogP contribution in [0.1, 0.15) is 6.92 Å². The van der Waals surface area contributed by atoms with Gasteiger partial charge in [0.25, 0.3) is 0 Å². The summed E-state index contributed by atoms with van der Waals surface area (Å²) >= 11 is 1.39. The van der Waals surface area contributed by atoms with Gasteiger partial charge >= 0.3 is 0 Å². The number of amides is 1. The van der Waals surface area contributed by atoms with Gasteiger partial charge in [-0.3, -0.25) is 4.79 Å². The Morgan fingerprint density at radius 1 is 0.842 bits per heavy atom. The first-order chi connectivity index (χ1) is 18.7. The fourth-order valence-electron chi connectivity index (χ4n) is 4.65. The number of anilines is 1. The fourth-order valence-corrected chi connectivity index (χ4v) is 5.45. The van der Waals surface area contributed by atoms with Gasteiger partial charge in [0, 0.05) is 34.1 Å². The van der Waals surface area contributed by atoms with Crippen molar-refractivity contribution < 1.29 is 4.79 Å². The van der Waals surface area contributed by atoms with E-state index in [0.29, 0.717) is 11.7 Å². The maximum atomic E-state index is 12.9. The average Bonchev–Trinajstić information content (AvgIpc) is 3.39. The lowest BCUT2D eigenvalue weighted by atomic mass is 10.0. The number of hydrogen-bond donors (Lipinski definition) is 1.